The van der Waals surface area contributed by atoms with Crippen molar-refractivity contribution in [2.45, 2.75) is 25.1 Å². The number of hydrogen-bond acceptors (Lipinski definition) is 10. The maximum Gasteiger partial charge on any atom is 0.416 e. The van der Waals surface area contributed by atoms with Gasteiger partial charge in [-0.1, -0.05) is 11.6 Å². The van der Waals surface area contributed by atoms with Crippen molar-refractivity contribution < 1.29 is 22.6 Å². The fraction of sp³-hybridized carbons (Fsp3) is 0.333. The topological polar surface area (TPSA) is 125 Å². The predicted molar refractivity (Wildman–Crippen MR) is 155 cm³/mol. The van der Waals surface area contributed by atoms with Gasteiger partial charge in [0, 0.05) is 38.1 Å². The molecular weight excluding hydrogens is 575 g/mol. The van der Waals surface area contributed by atoms with Crippen LogP contribution in [0.25, 0.3) is 11.2 Å². The molecule has 42 heavy (non-hydrogen) atoms. The van der Waals surface area contributed by atoms with Crippen LogP contribution in [0.1, 0.15) is 18.4 Å². The van der Waals surface area contributed by atoms with E-state index < -0.39 is 11.7 Å². The molecule has 1 saturated heterocycles. The minimum absolute atomic E-state index is 0.0991. The van der Waals surface area contributed by atoms with Crippen LogP contribution < -0.4 is 25.4 Å². The molecule has 0 bridgehead atoms. The van der Waals surface area contributed by atoms with Crippen molar-refractivity contribution in [1.29, 1.82) is 5.41 Å². The van der Waals surface area contributed by atoms with Crippen LogP contribution in [0.2, 0.25) is 5.02 Å². The number of ether oxygens (including phenoxy) is 2. The Labute approximate surface area is 244 Å². The van der Waals surface area contributed by atoms with E-state index in [-0.39, 0.29) is 52.2 Å². The van der Waals surface area contributed by atoms with Gasteiger partial charge in [-0.3, -0.25) is 0 Å². The van der Waals surface area contributed by atoms with Gasteiger partial charge in [0.25, 0.3) is 0 Å². The number of aliphatic imine (C=N–C) groups is 1. The van der Waals surface area contributed by atoms with Crippen molar-refractivity contribution in [3.8, 4) is 11.5 Å². The Morgan fingerprint density at radius 3 is 2.74 bits per heavy atom. The molecular formula is C27H29ClF3N9O2. The summed E-state index contributed by atoms with van der Waals surface area (Å²) in [4.78, 5) is 15.1. The first-order valence-electron chi connectivity index (χ1n) is 13.0. The van der Waals surface area contributed by atoms with Crippen LogP contribution >= 0.6 is 11.6 Å². The fourth-order valence-electron chi connectivity index (χ4n) is 4.63. The predicted octanol–water partition coefficient (Wildman–Crippen LogP) is 4.79. The second-order valence-electron chi connectivity index (χ2n) is 9.77. The lowest BCUT2D eigenvalue weighted by Gasteiger charge is -2.20. The van der Waals surface area contributed by atoms with Crippen molar-refractivity contribution in [3.05, 3.63) is 58.5 Å². The molecule has 2 aliphatic rings. The Morgan fingerprint density at radius 1 is 1.29 bits per heavy atom. The number of likely N-dealkylation sites (N-methyl/N-ethyl adjacent to an activating group) is 1. The third-order valence-electron chi connectivity index (χ3n) is 6.98. The number of aryl methyl sites for hydroxylation is 1. The summed E-state index contributed by atoms with van der Waals surface area (Å²) in [7, 11) is 5.34. The molecule has 4 heterocycles. The summed E-state index contributed by atoms with van der Waals surface area (Å²) in [5.74, 6) is 1.18. The number of anilines is 2. The van der Waals surface area contributed by atoms with Gasteiger partial charge in [0.15, 0.2) is 17.2 Å². The number of likely N-dealkylation sites (tertiary alicyclic amines) is 1. The van der Waals surface area contributed by atoms with E-state index in [2.05, 4.69) is 35.8 Å². The molecule has 1 atom stereocenters. The maximum atomic E-state index is 13.7. The highest BCUT2D eigenvalue weighted by Gasteiger charge is 2.32. The van der Waals surface area contributed by atoms with Gasteiger partial charge in [0.05, 0.1) is 24.2 Å². The average Bonchev–Trinajstić information content (AvgIpc) is 3.53. The van der Waals surface area contributed by atoms with Crippen LogP contribution in [0.15, 0.2) is 52.9 Å². The van der Waals surface area contributed by atoms with Gasteiger partial charge in [0.2, 0.25) is 5.95 Å². The van der Waals surface area contributed by atoms with Crippen molar-refractivity contribution in [3.63, 3.8) is 0 Å². The minimum atomic E-state index is -4.58. The smallest absolute Gasteiger partial charge is 0.416 e. The zero-order valence-electron chi connectivity index (χ0n) is 23.0. The summed E-state index contributed by atoms with van der Waals surface area (Å²) in [5, 5.41) is 16.8. The van der Waals surface area contributed by atoms with E-state index in [0.717, 1.165) is 37.7 Å². The number of allylic oxidation sites excluding steroid dienone is 2. The van der Waals surface area contributed by atoms with Gasteiger partial charge in [-0.25, -0.2) is 9.98 Å². The monoisotopic (exact) mass is 603 g/mol. The zero-order chi connectivity index (χ0) is 30.0. The fourth-order valence-corrected chi connectivity index (χ4v) is 4.93. The molecule has 222 valence electrons. The number of rotatable bonds is 9. The van der Waals surface area contributed by atoms with Crippen molar-refractivity contribution in [1.82, 2.24) is 30.1 Å². The Bertz CT molecular complexity index is 1600. The maximum absolute atomic E-state index is 13.7. The highest BCUT2D eigenvalue weighted by molar-refractivity contribution is 6.36. The van der Waals surface area contributed by atoms with Crippen LogP contribution in [0.5, 0.6) is 11.5 Å². The average molecular weight is 604 g/mol. The molecule has 5 rings (SSSR count). The number of hydrogen-bond donors (Lipinski definition) is 4. The van der Waals surface area contributed by atoms with Gasteiger partial charge < -0.3 is 40.3 Å². The molecule has 0 aliphatic carbocycles. The lowest BCUT2D eigenvalue weighted by molar-refractivity contribution is -0.137. The van der Waals surface area contributed by atoms with Crippen LogP contribution in [-0.2, 0) is 13.2 Å². The molecule has 2 aromatic heterocycles. The minimum Gasteiger partial charge on any atom is -0.492 e. The van der Waals surface area contributed by atoms with E-state index in [0.29, 0.717) is 17.0 Å². The number of aromatic nitrogens is 3. The summed E-state index contributed by atoms with van der Waals surface area (Å²) in [6.07, 6.45) is 2.84. The molecule has 1 aromatic carbocycles. The lowest BCUT2D eigenvalue weighted by atomic mass is 10.1. The van der Waals surface area contributed by atoms with Crippen LogP contribution in [0.4, 0.5) is 24.8 Å². The Morgan fingerprint density at radius 2 is 2.10 bits per heavy atom. The third kappa shape index (κ3) is 6.14. The number of nitrogens with zero attached hydrogens (tertiary/aromatic N) is 5. The molecule has 1 unspecified atom stereocenters. The molecule has 0 saturated carbocycles. The second-order valence-corrected chi connectivity index (χ2v) is 10.1. The largest absolute Gasteiger partial charge is 0.492 e. The van der Waals surface area contributed by atoms with E-state index in [4.69, 9.17) is 26.5 Å². The van der Waals surface area contributed by atoms with Crippen molar-refractivity contribution >= 4 is 46.8 Å². The van der Waals surface area contributed by atoms with E-state index >= 15 is 0 Å². The first-order chi connectivity index (χ1) is 20.1. The first kappa shape index (κ1) is 29.2. The SMILES string of the molecule is CNC1=CN/C(=C(\C=N)Oc2cnc3nc(Nc4cc(OCC5CCCN5C)cc(C(F)(F)F)c4)n(C)c3c2Cl)C=N1. The number of benzene rings is 1. The lowest BCUT2D eigenvalue weighted by Crippen LogP contribution is -2.30. The standard InChI is InChI=1S/C27H29ClF3N9O2/c1-33-22-13-34-19(11-35-22)20(10-32)42-21-12-36-25-24(23(21)28)40(3)26(38-25)37-16-7-15(27(29,30)31)8-18(9-16)41-14-17-5-4-6-39(17)2/h7-13,17,32-34H,4-6,14H2,1-3H3,(H,36,37,38)/b20-19+,32-10?. The molecule has 4 N–H and O–H groups in total. The summed E-state index contributed by atoms with van der Waals surface area (Å²) in [6.45, 7) is 1.22. The molecule has 11 nitrogen and oxygen atoms in total. The third-order valence-corrected chi connectivity index (χ3v) is 7.34. The van der Waals surface area contributed by atoms with Crippen molar-refractivity contribution in [2.75, 3.05) is 32.6 Å². The summed E-state index contributed by atoms with van der Waals surface area (Å²) in [5.41, 5.74) is 0.332. The summed E-state index contributed by atoms with van der Waals surface area (Å²) in [6, 6.07) is 3.63. The summed E-state index contributed by atoms with van der Waals surface area (Å²) < 4.78 is 54.5. The van der Waals surface area contributed by atoms with E-state index in [1.807, 2.05) is 7.05 Å². The highest BCUT2D eigenvalue weighted by Crippen LogP contribution is 2.37. The van der Waals surface area contributed by atoms with Crippen molar-refractivity contribution in [2.24, 2.45) is 12.0 Å². The molecule has 0 spiro atoms. The van der Waals surface area contributed by atoms with Gasteiger partial charge in [0.1, 0.15) is 34.4 Å². The number of nitrogens with one attached hydrogen (secondary N) is 4. The van der Waals surface area contributed by atoms with Gasteiger partial charge in [-0.05, 0) is 38.6 Å². The highest BCUT2D eigenvalue weighted by atomic mass is 35.5. The molecule has 3 aromatic rings. The van der Waals surface area contributed by atoms with E-state index in [1.165, 1.54) is 18.5 Å². The number of fused-ring (bicyclic) bond motifs is 1. The Balaban J connectivity index is 1.42. The molecule has 0 amide bonds. The molecule has 1 fully saturated rings. The number of alkyl halides is 3. The number of imidazole rings is 1. The van der Waals surface area contributed by atoms with Gasteiger partial charge in [-0.15, -0.1) is 0 Å². The zero-order valence-corrected chi connectivity index (χ0v) is 23.8. The van der Waals surface area contributed by atoms with E-state index in [1.54, 1.807) is 24.9 Å². The Hall–Kier alpha value is -4.30. The molecule has 15 heteroatoms. The molecule has 0 radical (unpaired) electrons. The van der Waals surface area contributed by atoms with Gasteiger partial charge in [-0.2, -0.15) is 18.2 Å². The Kier molecular flexibility index (Phi) is 8.27. The summed E-state index contributed by atoms with van der Waals surface area (Å²) >= 11 is 6.67. The number of pyridine rings is 1. The van der Waals surface area contributed by atoms with Gasteiger partial charge >= 0.3 is 6.18 Å². The van der Waals surface area contributed by atoms with Crippen LogP contribution in [-0.4, -0.2) is 65.2 Å². The van der Waals surface area contributed by atoms with Crippen LogP contribution in [0, 0.1) is 5.41 Å². The van der Waals surface area contributed by atoms with E-state index in [9.17, 15) is 13.2 Å². The quantitative estimate of drug-likeness (QED) is 0.203. The molecule has 2 aliphatic heterocycles. The van der Waals surface area contributed by atoms with Crippen LogP contribution in [0.3, 0.4) is 0 Å². The normalized spacial score (nSPS) is 18.5. The number of halogens is 4. The second kappa shape index (κ2) is 11.9. The first-order valence-corrected chi connectivity index (χ1v) is 13.4.